The van der Waals surface area contributed by atoms with E-state index in [2.05, 4.69) is 43.6 Å². The van der Waals surface area contributed by atoms with Gasteiger partial charge in [0.2, 0.25) is 17.8 Å². The van der Waals surface area contributed by atoms with Crippen LogP contribution in [0.4, 0.5) is 23.1 Å². The number of imide groups is 1. The molecule has 4 aromatic rings. The predicted octanol–water partition coefficient (Wildman–Crippen LogP) is 6.21. The van der Waals surface area contributed by atoms with Crippen LogP contribution in [-0.2, 0) is 9.59 Å². The lowest BCUT2D eigenvalue weighted by molar-refractivity contribution is -0.134. The molecular formula is C41H48N8O4. The number of benzene rings is 1. The molecule has 1 saturated carbocycles. The quantitative estimate of drug-likeness (QED) is 0.160. The number of aromatic nitrogens is 4. The molecule has 12 heteroatoms. The van der Waals surface area contributed by atoms with E-state index in [4.69, 9.17) is 9.97 Å². The molecule has 1 aliphatic carbocycles. The number of fused-ring (bicyclic) bond motifs is 1. The van der Waals surface area contributed by atoms with E-state index in [1.165, 1.54) is 25.5 Å². The number of hydrogen-bond donors (Lipinski definition) is 2. The zero-order valence-electron chi connectivity index (χ0n) is 30.6. The monoisotopic (exact) mass is 716 g/mol. The van der Waals surface area contributed by atoms with Gasteiger partial charge in [0, 0.05) is 55.9 Å². The highest BCUT2D eigenvalue weighted by atomic mass is 16.2. The number of amides is 2. The van der Waals surface area contributed by atoms with E-state index in [0.29, 0.717) is 47.7 Å². The molecule has 1 unspecified atom stereocenters. The topological polar surface area (TPSA) is 142 Å². The van der Waals surface area contributed by atoms with Gasteiger partial charge < -0.3 is 15.1 Å². The zero-order chi connectivity index (χ0) is 36.6. The third-order valence-corrected chi connectivity index (χ3v) is 12.2. The number of piperidine rings is 3. The molecule has 3 aromatic heterocycles. The summed E-state index contributed by atoms with van der Waals surface area (Å²) in [5.41, 5.74) is 4.42. The Kier molecular flexibility index (Phi) is 9.70. The Labute approximate surface area is 309 Å². The fourth-order valence-corrected chi connectivity index (χ4v) is 9.28. The van der Waals surface area contributed by atoms with Crippen molar-refractivity contribution in [3.8, 4) is 0 Å². The number of Topliss-reactive ketones (excluding diaryl/α,β-unsaturated/α-hetero) is 1. The smallest absolute Gasteiger partial charge is 0.263 e. The van der Waals surface area contributed by atoms with Crippen LogP contribution >= 0.6 is 0 Å². The zero-order valence-corrected chi connectivity index (χ0v) is 30.6. The molecule has 53 heavy (non-hydrogen) atoms. The third kappa shape index (κ3) is 7.03. The molecule has 2 N–H and O–H groups in total. The number of pyridine rings is 2. The second kappa shape index (κ2) is 14.7. The Balaban J connectivity index is 0.869. The molecule has 3 aliphatic heterocycles. The van der Waals surface area contributed by atoms with Gasteiger partial charge in [-0.1, -0.05) is 25.0 Å². The van der Waals surface area contributed by atoms with E-state index in [9.17, 15) is 19.2 Å². The minimum atomic E-state index is -0.259. The molecule has 0 bridgehead atoms. The van der Waals surface area contributed by atoms with Crippen molar-refractivity contribution in [2.24, 2.45) is 11.8 Å². The molecule has 8 rings (SSSR count). The molecular weight excluding hydrogens is 669 g/mol. The summed E-state index contributed by atoms with van der Waals surface area (Å²) in [6.07, 6.45) is 13.1. The highest BCUT2D eigenvalue weighted by Gasteiger charge is 2.32. The Morgan fingerprint density at radius 3 is 2.17 bits per heavy atom. The summed E-state index contributed by atoms with van der Waals surface area (Å²) in [5, 5.41) is 6.46. The lowest BCUT2D eigenvalue weighted by Crippen LogP contribution is -2.41. The van der Waals surface area contributed by atoms with Crippen molar-refractivity contribution in [3.63, 3.8) is 0 Å². The molecule has 6 heterocycles. The van der Waals surface area contributed by atoms with Crippen LogP contribution in [0.5, 0.6) is 0 Å². The van der Waals surface area contributed by atoms with Gasteiger partial charge in [-0.2, -0.15) is 4.98 Å². The van der Waals surface area contributed by atoms with E-state index < -0.39 is 0 Å². The molecule has 3 saturated heterocycles. The van der Waals surface area contributed by atoms with Crippen LogP contribution in [0.3, 0.4) is 0 Å². The van der Waals surface area contributed by atoms with Crippen LogP contribution in [0, 0.1) is 18.8 Å². The van der Waals surface area contributed by atoms with E-state index in [1.54, 1.807) is 17.7 Å². The van der Waals surface area contributed by atoms with Crippen molar-refractivity contribution in [2.75, 3.05) is 41.3 Å². The summed E-state index contributed by atoms with van der Waals surface area (Å²) in [5.74, 6) is 1.56. The van der Waals surface area contributed by atoms with E-state index >= 15 is 0 Å². The van der Waals surface area contributed by atoms with Crippen molar-refractivity contribution in [2.45, 2.75) is 90.0 Å². The van der Waals surface area contributed by atoms with Crippen LogP contribution in [0.1, 0.15) is 105 Å². The standard InChI is InChI=1S/C41H48N8O4/c1-25-34-24-43-41(46-38(34)49(30-7-3-4-8-30)40(53)37(25)26(2)50)44-35-12-10-32(23-42-35)48-20-16-28(17-21-48)27-14-18-47(19-15-27)31-9-5-6-29(22-31)33-11-13-36(51)45-39(33)52/h5-6,9-10,12,22-24,27-28,30,33H,3-4,7-8,11,13-21H2,1-2H3,(H,45,51,52)(H,42,43,44,46). The summed E-state index contributed by atoms with van der Waals surface area (Å²) in [6.45, 7) is 7.28. The van der Waals surface area contributed by atoms with Crippen LogP contribution in [0.15, 0.2) is 53.6 Å². The summed E-state index contributed by atoms with van der Waals surface area (Å²) < 4.78 is 1.73. The van der Waals surface area contributed by atoms with E-state index in [0.717, 1.165) is 81.3 Å². The Bertz CT molecular complexity index is 2090. The highest BCUT2D eigenvalue weighted by molar-refractivity contribution is 6.01. The first-order valence-corrected chi connectivity index (χ1v) is 19.3. The van der Waals surface area contributed by atoms with E-state index in [-0.39, 0.29) is 40.7 Å². The van der Waals surface area contributed by atoms with E-state index in [1.807, 2.05) is 24.4 Å². The van der Waals surface area contributed by atoms with Crippen LogP contribution < -0.4 is 26.0 Å². The predicted molar refractivity (Wildman–Crippen MR) is 205 cm³/mol. The molecule has 276 valence electrons. The van der Waals surface area contributed by atoms with Gasteiger partial charge in [0.15, 0.2) is 5.78 Å². The fraction of sp³-hybridized carbons (Fsp3) is 0.488. The number of rotatable bonds is 8. The lowest BCUT2D eigenvalue weighted by atomic mass is 9.78. The maximum atomic E-state index is 13.6. The number of anilines is 4. The average molecular weight is 717 g/mol. The Morgan fingerprint density at radius 2 is 1.53 bits per heavy atom. The Morgan fingerprint density at radius 1 is 0.830 bits per heavy atom. The molecule has 1 aromatic carbocycles. The molecule has 2 amide bonds. The first-order chi connectivity index (χ1) is 25.7. The maximum Gasteiger partial charge on any atom is 0.263 e. The van der Waals surface area contributed by atoms with Gasteiger partial charge in [-0.3, -0.25) is 29.1 Å². The number of hydrogen-bond acceptors (Lipinski definition) is 10. The van der Waals surface area contributed by atoms with Gasteiger partial charge >= 0.3 is 0 Å². The number of carbonyl (C=O) groups excluding carboxylic acids is 3. The van der Waals surface area contributed by atoms with Crippen molar-refractivity contribution in [1.82, 2.24) is 24.8 Å². The molecule has 0 spiro atoms. The van der Waals surface area contributed by atoms with Crippen LogP contribution in [-0.4, -0.2) is 63.3 Å². The maximum absolute atomic E-state index is 13.6. The lowest BCUT2D eigenvalue weighted by Gasteiger charge is -2.41. The van der Waals surface area contributed by atoms with Crippen molar-refractivity contribution < 1.29 is 14.4 Å². The number of aryl methyl sites for hydroxylation is 1. The summed E-state index contributed by atoms with van der Waals surface area (Å²) in [7, 11) is 0. The van der Waals surface area contributed by atoms with Gasteiger partial charge in [-0.15, -0.1) is 0 Å². The molecule has 4 aliphatic rings. The summed E-state index contributed by atoms with van der Waals surface area (Å²) in [6, 6.07) is 12.4. The van der Waals surface area contributed by atoms with Gasteiger partial charge in [0.05, 0.1) is 23.4 Å². The summed E-state index contributed by atoms with van der Waals surface area (Å²) >= 11 is 0. The SMILES string of the molecule is CC(=O)c1c(C)c2cnc(Nc3ccc(N4CCC(C5CCN(c6cccc(C7CCC(=O)NC7=O)c6)CC5)CC4)cn3)nc2n(C2CCCC2)c1=O. The largest absolute Gasteiger partial charge is 0.372 e. The van der Waals surface area contributed by atoms with Crippen molar-refractivity contribution in [3.05, 3.63) is 75.8 Å². The minimum Gasteiger partial charge on any atom is -0.372 e. The van der Waals surface area contributed by atoms with Crippen LogP contribution in [0.2, 0.25) is 0 Å². The van der Waals surface area contributed by atoms with Gasteiger partial charge in [-0.25, -0.2) is 9.97 Å². The van der Waals surface area contributed by atoms with Crippen LogP contribution in [0.25, 0.3) is 11.0 Å². The Hall–Kier alpha value is -5.13. The molecule has 0 radical (unpaired) electrons. The second-order valence-electron chi connectivity index (χ2n) is 15.4. The summed E-state index contributed by atoms with van der Waals surface area (Å²) in [4.78, 5) is 69.0. The molecule has 1 atom stereocenters. The first-order valence-electron chi connectivity index (χ1n) is 19.3. The third-order valence-electron chi connectivity index (χ3n) is 12.2. The highest BCUT2D eigenvalue weighted by Crippen LogP contribution is 2.37. The van der Waals surface area contributed by atoms with Crippen molar-refractivity contribution >= 4 is 51.8 Å². The molecule has 12 nitrogen and oxygen atoms in total. The van der Waals surface area contributed by atoms with Gasteiger partial charge in [0.1, 0.15) is 11.5 Å². The normalized spacial score (nSPS) is 20.6. The van der Waals surface area contributed by atoms with Crippen molar-refractivity contribution in [1.29, 1.82) is 0 Å². The minimum absolute atomic E-state index is 0.0251. The first kappa shape index (κ1) is 34.9. The second-order valence-corrected chi connectivity index (χ2v) is 15.4. The number of nitrogens with zero attached hydrogens (tertiary/aromatic N) is 6. The number of carbonyl (C=O) groups is 3. The van der Waals surface area contributed by atoms with Gasteiger partial charge in [0.25, 0.3) is 5.56 Å². The average Bonchev–Trinajstić information content (AvgIpc) is 3.70. The number of ketones is 1. The molecule has 4 fully saturated rings. The number of nitrogens with one attached hydrogen (secondary N) is 2. The fourth-order valence-electron chi connectivity index (χ4n) is 9.28. The van der Waals surface area contributed by atoms with Gasteiger partial charge in [-0.05, 0) is 106 Å².